The molecular weight excluding hydrogens is 402 g/mol. The van der Waals surface area contributed by atoms with Crippen LogP contribution >= 0.6 is 0 Å². The highest BCUT2D eigenvalue weighted by atomic mass is 16.5. The van der Waals surface area contributed by atoms with Crippen LogP contribution in [0.3, 0.4) is 0 Å². The molecule has 9 unspecified atom stereocenters. The average molecular weight is 448 g/mol. The Hall–Kier alpha value is -0.240. The fourth-order valence-electron chi connectivity index (χ4n) is 7.82. The standard InChI is InChI=1S/C26H45N3O3/c1-18(27-14-23-13-24(15-27)32-23)6-8-20(29-16-22-12-21(29)17-31-22)9-7-19(2)28-10-11-30-26-5-3-4-25(26)28/h18-26H,3-17H2,1-2H3. The summed E-state index contributed by atoms with van der Waals surface area (Å²) in [5.74, 6) is 0. The van der Waals surface area contributed by atoms with Crippen LogP contribution in [0.25, 0.3) is 0 Å². The van der Waals surface area contributed by atoms with Gasteiger partial charge in [0, 0.05) is 62.8 Å². The van der Waals surface area contributed by atoms with Gasteiger partial charge in [-0.15, -0.1) is 0 Å². The van der Waals surface area contributed by atoms with Crippen molar-refractivity contribution >= 4 is 0 Å². The number of fused-ring (bicyclic) bond motifs is 5. The maximum atomic E-state index is 6.08. The van der Waals surface area contributed by atoms with Crippen molar-refractivity contribution in [2.75, 3.05) is 39.4 Å². The molecule has 0 amide bonds. The van der Waals surface area contributed by atoms with E-state index in [1.54, 1.807) is 0 Å². The molecule has 0 N–H and O–H groups in total. The van der Waals surface area contributed by atoms with Crippen molar-refractivity contribution in [2.45, 2.75) is 126 Å². The Morgan fingerprint density at radius 1 is 0.812 bits per heavy atom. The molecule has 0 aromatic carbocycles. The van der Waals surface area contributed by atoms with Gasteiger partial charge in [0.05, 0.1) is 37.6 Å². The van der Waals surface area contributed by atoms with E-state index in [9.17, 15) is 0 Å². The van der Waals surface area contributed by atoms with E-state index in [1.165, 1.54) is 64.3 Å². The van der Waals surface area contributed by atoms with Gasteiger partial charge in [0.1, 0.15) is 0 Å². The molecule has 182 valence electrons. The zero-order chi connectivity index (χ0) is 21.7. The lowest BCUT2D eigenvalue weighted by molar-refractivity contribution is -0.187. The molecule has 7 fully saturated rings. The van der Waals surface area contributed by atoms with Crippen molar-refractivity contribution in [1.82, 2.24) is 14.7 Å². The second-order valence-corrected chi connectivity index (χ2v) is 11.8. The first-order chi connectivity index (χ1) is 15.6. The van der Waals surface area contributed by atoms with E-state index in [2.05, 4.69) is 28.5 Å². The van der Waals surface area contributed by atoms with Gasteiger partial charge in [0.25, 0.3) is 0 Å². The topological polar surface area (TPSA) is 37.4 Å². The highest BCUT2D eigenvalue weighted by Gasteiger charge is 2.43. The third-order valence-corrected chi connectivity index (χ3v) is 9.75. The minimum atomic E-state index is 0.502. The lowest BCUT2D eigenvalue weighted by Gasteiger charge is -2.49. The summed E-state index contributed by atoms with van der Waals surface area (Å²) >= 11 is 0. The van der Waals surface area contributed by atoms with Crippen LogP contribution in [0, 0.1) is 0 Å². The first kappa shape index (κ1) is 22.2. The minimum Gasteiger partial charge on any atom is -0.375 e. The molecule has 6 saturated heterocycles. The Morgan fingerprint density at radius 2 is 1.59 bits per heavy atom. The summed E-state index contributed by atoms with van der Waals surface area (Å²) in [5.41, 5.74) is 0. The highest BCUT2D eigenvalue weighted by molar-refractivity contribution is 4.97. The maximum Gasteiger partial charge on any atom is 0.0731 e. The normalized spacial score (nSPS) is 42.6. The van der Waals surface area contributed by atoms with Crippen molar-refractivity contribution in [1.29, 1.82) is 0 Å². The lowest BCUT2D eigenvalue weighted by atomic mass is 9.93. The van der Waals surface area contributed by atoms with E-state index in [1.807, 2.05) is 0 Å². The number of hydrogen-bond donors (Lipinski definition) is 0. The van der Waals surface area contributed by atoms with Gasteiger partial charge in [-0.3, -0.25) is 14.7 Å². The summed E-state index contributed by atoms with van der Waals surface area (Å²) in [4.78, 5) is 8.36. The molecule has 4 bridgehead atoms. The summed E-state index contributed by atoms with van der Waals surface area (Å²) in [6, 6.07) is 3.43. The molecule has 1 aliphatic carbocycles. The summed E-state index contributed by atoms with van der Waals surface area (Å²) in [7, 11) is 0. The van der Waals surface area contributed by atoms with Crippen LogP contribution in [0.1, 0.15) is 71.6 Å². The van der Waals surface area contributed by atoms with Crippen molar-refractivity contribution < 1.29 is 14.2 Å². The van der Waals surface area contributed by atoms with Gasteiger partial charge in [-0.05, 0) is 65.2 Å². The van der Waals surface area contributed by atoms with Gasteiger partial charge in [-0.1, -0.05) is 0 Å². The fraction of sp³-hybridized carbons (Fsp3) is 1.00. The van der Waals surface area contributed by atoms with Crippen LogP contribution in [0.2, 0.25) is 0 Å². The first-order valence-electron chi connectivity index (χ1n) is 13.8. The lowest BCUT2D eigenvalue weighted by Crippen LogP contribution is -2.59. The number of ether oxygens (including phenoxy) is 3. The second kappa shape index (κ2) is 9.43. The van der Waals surface area contributed by atoms with Crippen molar-refractivity contribution in [3.63, 3.8) is 0 Å². The van der Waals surface area contributed by atoms with E-state index in [-0.39, 0.29) is 0 Å². The van der Waals surface area contributed by atoms with Crippen LogP contribution in [-0.2, 0) is 14.2 Å². The summed E-state index contributed by atoms with van der Waals surface area (Å²) in [5, 5.41) is 0. The molecule has 6 aliphatic heterocycles. The van der Waals surface area contributed by atoms with Crippen LogP contribution in [0.4, 0.5) is 0 Å². The number of likely N-dealkylation sites (tertiary alicyclic amines) is 1. The van der Waals surface area contributed by atoms with Gasteiger partial charge < -0.3 is 14.2 Å². The Morgan fingerprint density at radius 3 is 2.31 bits per heavy atom. The quantitative estimate of drug-likeness (QED) is 0.541. The predicted molar refractivity (Wildman–Crippen MR) is 125 cm³/mol. The van der Waals surface area contributed by atoms with Crippen molar-refractivity contribution in [3.05, 3.63) is 0 Å². The number of piperidine rings is 1. The third kappa shape index (κ3) is 4.40. The average Bonchev–Trinajstić information content (AvgIpc) is 3.55. The maximum absolute atomic E-state index is 6.08. The largest absolute Gasteiger partial charge is 0.375 e. The van der Waals surface area contributed by atoms with Gasteiger partial charge in [-0.25, -0.2) is 0 Å². The van der Waals surface area contributed by atoms with Gasteiger partial charge >= 0.3 is 0 Å². The molecular formula is C26H45N3O3. The van der Waals surface area contributed by atoms with Crippen molar-refractivity contribution in [2.24, 2.45) is 0 Å². The van der Waals surface area contributed by atoms with Crippen LogP contribution in [0.15, 0.2) is 0 Å². The number of nitrogens with zero attached hydrogens (tertiary/aromatic N) is 3. The molecule has 0 aromatic heterocycles. The molecule has 7 rings (SSSR count). The second-order valence-electron chi connectivity index (χ2n) is 11.8. The predicted octanol–water partition coefficient (Wildman–Crippen LogP) is 2.89. The van der Waals surface area contributed by atoms with Gasteiger partial charge in [0.15, 0.2) is 0 Å². The molecule has 6 nitrogen and oxygen atoms in total. The summed E-state index contributed by atoms with van der Waals surface area (Å²) in [6.07, 6.45) is 13.9. The molecule has 9 atom stereocenters. The van der Waals surface area contributed by atoms with Crippen LogP contribution < -0.4 is 0 Å². The Labute approximate surface area is 194 Å². The zero-order valence-electron chi connectivity index (χ0n) is 20.4. The van der Waals surface area contributed by atoms with E-state index >= 15 is 0 Å². The molecule has 1 saturated carbocycles. The van der Waals surface area contributed by atoms with Gasteiger partial charge in [0.2, 0.25) is 0 Å². The monoisotopic (exact) mass is 447 g/mol. The van der Waals surface area contributed by atoms with Crippen LogP contribution in [0.5, 0.6) is 0 Å². The molecule has 7 aliphatic rings. The van der Waals surface area contributed by atoms with E-state index < -0.39 is 0 Å². The first-order valence-corrected chi connectivity index (χ1v) is 13.8. The molecule has 0 spiro atoms. The molecule has 6 heteroatoms. The summed E-state index contributed by atoms with van der Waals surface area (Å²) in [6.45, 7) is 11.4. The minimum absolute atomic E-state index is 0.502. The van der Waals surface area contributed by atoms with E-state index in [4.69, 9.17) is 14.2 Å². The summed E-state index contributed by atoms with van der Waals surface area (Å²) < 4.78 is 17.9. The third-order valence-electron chi connectivity index (χ3n) is 9.75. The number of hydrogen-bond acceptors (Lipinski definition) is 6. The molecule has 32 heavy (non-hydrogen) atoms. The van der Waals surface area contributed by atoms with Crippen LogP contribution in [-0.4, -0.2) is 109 Å². The van der Waals surface area contributed by atoms with Crippen molar-refractivity contribution in [3.8, 4) is 0 Å². The Bertz CT molecular complexity index is 634. The molecule has 6 heterocycles. The SMILES string of the molecule is CC(CCC(CCC(C)N1CCOC2CCCC21)N1CC2CC1CO2)N1CC2CC(C1)O2. The van der Waals surface area contributed by atoms with E-state index in [0.29, 0.717) is 48.6 Å². The highest BCUT2D eigenvalue weighted by Crippen LogP contribution is 2.36. The zero-order valence-corrected chi connectivity index (χ0v) is 20.4. The Balaban J connectivity index is 1.05. The smallest absolute Gasteiger partial charge is 0.0731 e. The molecule has 0 radical (unpaired) electrons. The number of rotatable bonds is 9. The molecule has 0 aromatic rings. The number of morpholine rings is 3. The van der Waals surface area contributed by atoms with Gasteiger partial charge in [-0.2, -0.15) is 0 Å². The Kier molecular flexibility index (Phi) is 6.55. The fourth-order valence-corrected chi connectivity index (χ4v) is 7.82. The van der Waals surface area contributed by atoms with E-state index in [0.717, 1.165) is 38.9 Å².